The Kier molecular flexibility index (Phi) is 31.1. The molecule has 15 aromatic rings. The fourth-order valence-corrected chi connectivity index (χ4v) is 11.3. The Bertz CT molecular complexity index is 4710. The number of fused-ring (bicyclic) bond motifs is 5. The van der Waals surface area contributed by atoms with Crippen molar-refractivity contribution in [1.82, 2.24) is 34.9 Å². The molecule has 471 valence electrons. The minimum Gasteiger partial charge on any atom is -0.540 e. The second-order valence-electron chi connectivity index (χ2n) is 19.5. The van der Waals surface area contributed by atoms with E-state index in [1.54, 1.807) is 89.3 Å². The summed E-state index contributed by atoms with van der Waals surface area (Å²) < 4.78 is 27.9. The van der Waals surface area contributed by atoms with Gasteiger partial charge in [0.15, 0.2) is 0 Å². The van der Waals surface area contributed by atoms with Crippen molar-refractivity contribution in [1.29, 1.82) is 0 Å². The Morgan fingerprint density at radius 1 is 0.484 bits per heavy atom. The van der Waals surface area contributed by atoms with Gasteiger partial charge in [-0.15, -0.1) is 165 Å². The molecule has 0 atom stereocenters. The van der Waals surface area contributed by atoms with Crippen LogP contribution in [0.2, 0.25) is 0 Å². The molecule has 0 unspecified atom stereocenters. The summed E-state index contributed by atoms with van der Waals surface area (Å²) in [6, 6.07) is 56.2. The summed E-state index contributed by atoms with van der Waals surface area (Å²) in [6.07, 6.45) is 15.7. The molecular formula is C71H54FIr5N8O2S4-5. The van der Waals surface area contributed by atoms with Crippen molar-refractivity contribution in [2.24, 2.45) is 0 Å². The third-order valence-corrected chi connectivity index (χ3v) is 16.2. The Morgan fingerprint density at radius 3 is 1.40 bits per heavy atom. The van der Waals surface area contributed by atoms with Gasteiger partial charge < -0.3 is 44.0 Å². The smallest absolute Gasteiger partial charge is 0.150 e. The van der Waals surface area contributed by atoms with Crippen molar-refractivity contribution >= 4 is 102 Å². The molecular weight excluding hydrogens is 2110 g/mol. The van der Waals surface area contributed by atoms with E-state index < -0.39 is 0 Å². The summed E-state index contributed by atoms with van der Waals surface area (Å²) in [6.45, 7) is 13.2. The number of furan rings is 1. The second-order valence-corrected chi connectivity index (χ2v) is 23.3. The molecule has 11 heterocycles. The number of ether oxygens (including phenoxy) is 1. The average Bonchev–Trinajstić information content (AvgIpc) is 3.01. The quantitative estimate of drug-likeness (QED) is 0.150. The molecule has 0 bridgehead atoms. The van der Waals surface area contributed by atoms with E-state index in [1.165, 1.54) is 42.4 Å². The molecule has 0 aliphatic carbocycles. The largest absolute Gasteiger partial charge is 0.540 e. The maximum Gasteiger partial charge on any atom is 0.150 e. The molecule has 91 heavy (non-hydrogen) atoms. The molecule has 0 N–H and O–H groups in total. The van der Waals surface area contributed by atoms with Crippen LogP contribution in [0.3, 0.4) is 0 Å². The van der Waals surface area contributed by atoms with E-state index in [4.69, 9.17) is 15.7 Å². The number of hydrogen-bond donors (Lipinski definition) is 0. The standard InChI is InChI=1S/C15H14N3O.C14H7N2S.C14H10NOS.C13H7FNS.C13H8NS.2CH4.5Ir/c1-15(2,3)14-17-7-11(8-18-14)12-6-10-4-5-19-13(10)9-16-12;1-15-12-4-2-3-10(7-12)13-8-11-5-6-17-14(11)9-16-13;1-16-12-4-2-10(3-5-12)13-8-11-6-7-17-14(11)9-15-13;14-11-3-1-9(2-4-11)12-7-10-5-6-16-13(10)8-15-12;1-2-4-10(5-3-1)12-8-11-6-7-15-13(11)9-14-12;;;;;;;/h4-7,9H,1-3H3;2,4-9H;2,4-9H,1H3;1,3-8H;1-4,6-9H;2*1H4;;;;;/q5*-1;;;;;;;. The molecule has 0 saturated carbocycles. The molecule has 0 fully saturated rings. The van der Waals surface area contributed by atoms with Crippen LogP contribution in [-0.4, -0.2) is 42.0 Å². The molecule has 5 radical (unpaired) electrons. The van der Waals surface area contributed by atoms with Crippen molar-refractivity contribution in [3.63, 3.8) is 0 Å². The van der Waals surface area contributed by atoms with Crippen LogP contribution in [0.15, 0.2) is 209 Å². The van der Waals surface area contributed by atoms with Gasteiger partial charge in [-0.05, 0) is 113 Å². The minimum absolute atomic E-state index is 0. The topological polar surface area (TPSA) is 117 Å². The van der Waals surface area contributed by atoms with E-state index in [0.29, 0.717) is 5.69 Å². The Labute approximate surface area is 612 Å². The number of halogens is 1. The zero-order valence-electron chi connectivity index (χ0n) is 47.2. The van der Waals surface area contributed by atoms with Crippen molar-refractivity contribution in [3.05, 3.63) is 258 Å². The zero-order chi connectivity index (χ0) is 57.8. The predicted molar refractivity (Wildman–Crippen MR) is 354 cm³/mol. The van der Waals surface area contributed by atoms with Gasteiger partial charge in [-0.25, -0.2) is 0 Å². The Hall–Kier alpha value is -6.44. The van der Waals surface area contributed by atoms with Crippen molar-refractivity contribution in [2.75, 3.05) is 7.11 Å². The first kappa shape index (κ1) is 77.0. The molecule has 0 aliphatic heterocycles. The van der Waals surface area contributed by atoms with Crippen LogP contribution in [0.25, 0.3) is 112 Å². The third kappa shape index (κ3) is 20.0. The molecule has 10 nitrogen and oxygen atoms in total. The normalized spacial score (nSPS) is 10.1. The van der Waals surface area contributed by atoms with Gasteiger partial charge in [0, 0.05) is 148 Å². The molecule has 0 saturated heterocycles. The molecule has 0 amide bonds. The van der Waals surface area contributed by atoms with Gasteiger partial charge in [-0.2, -0.15) is 6.07 Å². The van der Waals surface area contributed by atoms with E-state index in [0.717, 1.165) is 88.9 Å². The first-order chi connectivity index (χ1) is 41.0. The van der Waals surface area contributed by atoms with Crippen LogP contribution in [0, 0.1) is 42.9 Å². The van der Waals surface area contributed by atoms with Crippen molar-refractivity contribution in [3.8, 4) is 62.0 Å². The SMILES string of the molecule is C.C.CC(C)(C)c1n[c-]c(-c2cc3ccoc3cn2)cn1.COc1c[c-]c(-c2cc3ccsc3cn2)cc1.Fc1c[c-]c(-c2cc3ccsc3cn2)cc1.[C-]#[N+]c1cc[c-]c(-c2cc3ccsc3cn2)c1.[Ir].[Ir].[Ir].[Ir].[Ir].[c-]1ccccc1-c1cc2ccsc2cn1. The van der Waals surface area contributed by atoms with Gasteiger partial charge in [0.05, 0.1) is 44.9 Å². The summed E-state index contributed by atoms with van der Waals surface area (Å²) in [5.74, 6) is 1.31. The van der Waals surface area contributed by atoms with Crippen molar-refractivity contribution < 1.29 is 114 Å². The van der Waals surface area contributed by atoms with E-state index in [-0.39, 0.29) is 127 Å². The van der Waals surface area contributed by atoms with Crippen LogP contribution in [0.4, 0.5) is 10.1 Å². The molecule has 11 aromatic heterocycles. The second kappa shape index (κ2) is 36.7. The monoisotopic (exact) mass is 2160 g/mol. The van der Waals surface area contributed by atoms with Crippen LogP contribution in [0.1, 0.15) is 41.4 Å². The molecule has 0 spiro atoms. The van der Waals surface area contributed by atoms with Gasteiger partial charge in [-0.1, -0.05) is 77.7 Å². The van der Waals surface area contributed by atoms with Gasteiger partial charge in [-0.3, -0.25) is 9.24 Å². The van der Waals surface area contributed by atoms with E-state index in [9.17, 15) is 4.39 Å². The maximum atomic E-state index is 12.8. The fraction of sp³-hybridized carbons (Fsp3) is 0.0986. The van der Waals surface area contributed by atoms with E-state index in [2.05, 4.69) is 144 Å². The number of benzene rings is 4. The van der Waals surface area contributed by atoms with Crippen LogP contribution in [-0.2, 0) is 106 Å². The van der Waals surface area contributed by atoms with Crippen LogP contribution in [0.5, 0.6) is 5.75 Å². The Morgan fingerprint density at radius 2 is 0.956 bits per heavy atom. The minimum atomic E-state index is -0.277. The summed E-state index contributed by atoms with van der Waals surface area (Å²) in [5.41, 5.74) is 10.2. The fourth-order valence-electron chi connectivity index (χ4n) is 8.34. The molecule has 4 aromatic carbocycles. The first-order valence-electron chi connectivity index (χ1n) is 26.1. The maximum absolute atomic E-state index is 12.8. The average molecular weight is 2160 g/mol. The number of hydrogen-bond acceptors (Lipinski definition) is 13. The number of rotatable bonds is 6. The predicted octanol–water partition coefficient (Wildman–Crippen LogP) is 20.4. The molecule has 15 rings (SSSR count). The number of methoxy groups -OCH3 is 1. The Balaban J connectivity index is 0.000000239. The summed E-state index contributed by atoms with van der Waals surface area (Å²) in [7, 11) is 1.65. The van der Waals surface area contributed by atoms with Gasteiger partial charge >= 0.3 is 0 Å². The number of nitrogens with zero attached hydrogens (tertiary/aromatic N) is 8. The summed E-state index contributed by atoms with van der Waals surface area (Å²) >= 11 is 6.76. The summed E-state index contributed by atoms with van der Waals surface area (Å²) in [4.78, 5) is 34.0. The van der Waals surface area contributed by atoms with Gasteiger partial charge in [0.2, 0.25) is 0 Å². The van der Waals surface area contributed by atoms with Gasteiger partial charge in [0.25, 0.3) is 0 Å². The number of thiophene rings is 4. The van der Waals surface area contributed by atoms with E-state index >= 15 is 0 Å². The third-order valence-electron chi connectivity index (χ3n) is 12.8. The number of aromatic nitrogens is 7. The van der Waals surface area contributed by atoms with E-state index in [1.807, 2.05) is 103 Å². The van der Waals surface area contributed by atoms with Crippen LogP contribution >= 0.6 is 45.3 Å². The first-order valence-corrected chi connectivity index (χ1v) is 29.6. The summed E-state index contributed by atoms with van der Waals surface area (Å²) in [5, 5.41) is 14.1. The zero-order valence-corrected chi connectivity index (χ0v) is 62.4. The number of pyridine rings is 5. The van der Waals surface area contributed by atoms with Gasteiger partial charge in [0.1, 0.15) is 11.3 Å². The van der Waals surface area contributed by atoms with Crippen LogP contribution < -0.4 is 4.74 Å². The van der Waals surface area contributed by atoms with Crippen molar-refractivity contribution in [2.45, 2.75) is 41.0 Å². The molecule has 0 aliphatic rings. The molecule has 20 heteroatoms.